The van der Waals surface area contributed by atoms with Gasteiger partial charge in [0.15, 0.2) is 5.82 Å². The van der Waals surface area contributed by atoms with Gasteiger partial charge in [-0.15, -0.1) is 0 Å². The number of anilines is 1. The number of hydrogen-bond donors (Lipinski definition) is 2. The quantitative estimate of drug-likeness (QED) is 0.784. The first-order valence-corrected chi connectivity index (χ1v) is 10.6. The molecule has 0 aliphatic heterocycles. The van der Waals surface area contributed by atoms with Gasteiger partial charge in [0, 0.05) is 18.5 Å². The third-order valence-electron chi connectivity index (χ3n) is 5.07. The van der Waals surface area contributed by atoms with Crippen LogP contribution in [0.15, 0.2) is 33.7 Å². The Hall–Kier alpha value is -2.26. The largest absolute Gasteiger partial charge is 0.339 e. The van der Waals surface area contributed by atoms with Crippen LogP contribution in [0.5, 0.6) is 0 Å². The van der Waals surface area contributed by atoms with E-state index in [-0.39, 0.29) is 10.8 Å². The minimum Gasteiger partial charge on any atom is -0.339 e. The topological polar surface area (TPSA) is 114 Å². The molecule has 1 amide bonds. The minimum atomic E-state index is -3.78. The average molecular weight is 390 g/mol. The second-order valence-electron chi connectivity index (χ2n) is 7.33. The number of nitrogens with zero attached hydrogens (tertiary/aromatic N) is 2. The third-order valence-corrected chi connectivity index (χ3v) is 6.62. The van der Waals surface area contributed by atoms with Crippen LogP contribution >= 0.6 is 0 Å². The molecule has 0 bridgehead atoms. The van der Waals surface area contributed by atoms with E-state index in [2.05, 4.69) is 20.2 Å². The highest BCUT2D eigenvalue weighted by Gasteiger charge is 2.44. The van der Waals surface area contributed by atoms with Crippen LogP contribution in [0.1, 0.15) is 63.1 Å². The monoisotopic (exact) mass is 390 g/mol. The fourth-order valence-corrected chi connectivity index (χ4v) is 4.93. The van der Waals surface area contributed by atoms with Crippen molar-refractivity contribution >= 4 is 21.6 Å². The van der Waals surface area contributed by atoms with Gasteiger partial charge in [-0.2, -0.15) is 9.71 Å². The Morgan fingerprint density at radius 2 is 1.85 bits per heavy atom. The predicted octanol–water partition coefficient (Wildman–Crippen LogP) is 2.65. The lowest BCUT2D eigenvalue weighted by Crippen LogP contribution is -2.44. The van der Waals surface area contributed by atoms with Crippen molar-refractivity contribution in [1.29, 1.82) is 0 Å². The van der Waals surface area contributed by atoms with E-state index in [1.807, 2.05) is 0 Å². The molecule has 1 heterocycles. The lowest BCUT2D eigenvalue weighted by molar-refractivity contribution is -0.114. The van der Waals surface area contributed by atoms with Crippen LogP contribution in [0.3, 0.4) is 0 Å². The van der Waals surface area contributed by atoms with Gasteiger partial charge in [-0.25, -0.2) is 8.42 Å². The van der Waals surface area contributed by atoms with Gasteiger partial charge in [0.1, 0.15) is 0 Å². The number of rotatable bonds is 6. The maximum Gasteiger partial charge on any atom is 0.241 e. The Labute approximate surface area is 157 Å². The summed E-state index contributed by atoms with van der Waals surface area (Å²) in [6.07, 6.45) is 5.16. The molecular weight excluding hydrogens is 368 g/mol. The van der Waals surface area contributed by atoms with Crippen LogP contribution in [-0.2, 0) is 20.4 Å². The molecule has 0 spiro atoms. The second kappa shape index (κ2) is 6.72. The molecule has 0 unspecified atom stereocenters. The van der Waals surface area contributed by atoms with Gasteiger partial charge >= 0.3 is 0 Å². The number of nitrogens with one attached hydrogen (secondary N) is 2. The molecule has 1 aromatic carbocycles. The average Bonchev–Trinajstić information content (AvgIpc) is 3.15. The van der Waals surface area contributed by atoms with Crippen molar-refractivity contribution in [3.63, 3.8) is 0 Å². The molecule has 0 atom stereocenters. The lowest BCUT2D eigenvalue weighted by atomic mass is 9.98. The first-order valence-electron chi connectivity index (χ1n) is 9.14. The van der Waals surface area contributed by atoms with Crippen molar-refractivity contribution < 1.29 is 17.7 Å². The number of hydrogen-bond acceptors (Lipinski definition) is 6. The van der Waals surface area contributed by atoms with E-state index in [4.69, 9.17) is 4.52 Å². The van der Waals surface area contributed by atoms with Crippen LogP contribution < -0.4 is 10.0 Å². The zero-order valence-electron chi connectivity index (χ0n) is 15.1. The Balaban J connectivity index is 1.59. The first-order chi connectivity index (χ1) is 12.9. The van der Waals surface area contributed by atoms with Crippen molar-refractivity contribution in [3.05, 3.63) is 36.0 Å². The molecule has 9 heteroatoms. The predicted molar refractivity (Wildman–Crippen MR) is 97.5 cm³/mol. The molecule has 2 fully saturated rings. The summed E-state index contributed by atoms with van der Waals surface area (Å²) < 4.78 is 34.1. The second-order valence-corrected chi connectivity index (χ2v) is 9.01. The maximum atomic E-state index is 13.0. The number of carbonyl (C=O) groups is 1. The number of amides is 1. The Morgan fingerprint density at radius 1 is 1.19 bits per heavy atom. The fraction of sp³-hybridized carbons (Fsp3) is 0.500. The summed E-state index contributed by atoms with van der Waals surface area (Å²) in [6.45, 7) is 1.40. The molecule has 0 saturated heterocycles. The first kappa shape index (κ1) is 18.1. The third kappa shape index (κ3) is 3.74. The van der Waals surface area contributed by atoms with Crippen LogP contribution in [0.4, 0.5) is 5.69 Å². The van der Waals surface area contributed by atoms with Crippen molar-refractivity contribution in [3.8, 4) is 0 Å². The smallest absolute Gasteiger partial charge is 0.241 e. The van der Waals surface area contributed by atoms with Crippen LogP contribution in [0.2, 0.25) is 0 Å². The van der Waals surface area contributed by atoms with Crippen LogP contribution in [-0.4, -0.2) is 24.5 Å². The molecule has 8 nitrogen and oxygen atoms in total. The van der Waals surface area contributed by atoms with Crippen molar-refractivity contribution in [2.24, 2.45) is 0 Å². The maximum absolute atomic E-state index is 13.0. The molecule has 2 aliphatic carbocycles. The molecule has 27 heavy (non-hydrogen) atoms. The van der Waals surface area contributed by atoms with Gasteiger partial charge < -0.3 is 9.84 Å². The summed E-state index contributed by atoms with van der Waals surface area (Å²) in [6, 6.07) is 6.08. The number of benzene rings is 1. The molecule has 2 N–H and O–H groups in total. The highest BCUT2D eigenvalue weighted by molar-refractivity contribution is 7.89. The van der Waals surface area contributed by atoms with E-state index in [9.17, 15) is 13.2 Å². The molecule has 2 aromatic rings. The fourth-order valence-electron chi connectivity index (χ4n) is 3.51. The minimum absolute atomic E-state index is 0.133. The zero-order chi connectivity index (χ0) is 19.1. The van der Waals surface area contributed by atoms with Crippen LogP contribution in [0, 0.1) is 0 Å². The summed E-state index contributed by atoms with van der Waals surface area (Å²) in [4.78, 5) is 15.7. The summed E-state index contributed by atoms with van der Waals surface area (Å²) in [5, 5.41) is 6.72. The van der Waals surface area contributed by atoms with E-state index in [1.165, 1.54) is 19.1 Å². The molecule has 1 aromatic heterocycles. The highest BCUT2D eigenvalue weighted by atomic mass is 32.2. The number of carbonyl (C=O) groups excluding carboxylic acids is 1. The van der Waals surface area contributed by atoms with E-state index in [0.717, 1.165) is 25.7 Å². The van der Waals surface area contributed by atoms with E-state index in [1.54, 1.807) is 12.1 Å². The van der Waals surface area contributed by atoms with E-state index in [0.29, 0.717) is 36.2 Å². The number of sulfonamides is 1. The zero-order valence-corrected chi connectivity index (χ0v) is 15.9. The SMILES string of the molecule is CC(=O)Nc1ccc(S(=O)(=O)NC2(c3noc(C4CC4)n3)CCCC2)cc1. The Bertz CT molecular complexity index is 942. The Kier molecular flexibility index (Phi) is 4.51. The molecule has 4 rings (SSSR count). The highest BCUT2D eigenvalue weighted by Crippen LogP contribution is 2.42. The van der Waals surface area contributed by atoms with E-state index < -0.39 is 15.6 Å². The summed E-state index contributed by atoms with van der Waals surface area (Å²) in [7, 11) is -3.78. The summed E-state index contributed by atoms with van der Waals surface area (Å²) >= 11 is 0. The van der Waals surface area contributed by atoms with Gasteiger partial charge in [-0.05, 0) is 49.9 Å². The molecule has 2 aliphatic rings. The van der Waals surface area contributed by atoms with Gasteiger partial charge in [0.05, 0.1) is 10.4 Å². The Morgan fingerprint density at radius 3 is 2.44 bits per heavy atom. The summed E-state index contributed by atoms with van der Waals surface area (Å²) in [5.41, 5.74) is -0.282. The molecule has 2 saturated carbocycles. The molecular formula is C18H22N4O4S. The van der Waals surface area contributed by atoms with Gasteiger partial charge in [-0.1, -0.05) is 18.0 Å². The number of aromatic nitrogens is 2. The molecule has 0 radical (unpaired) electrons. The van der Waals surface area contributed by atoms with Gasteiger partial charge in [0.25, 0.3) is 0 Å². The van der Waals surface area contributed by atoms with E-state index >= 15 is 0 Å². The standard InChI is InChI=1S/C18H22N4O4S/c1-12(23)19-14-6-8-15(9-7-14)27(24,25)22-18(10-2-3-11-18)17-20-16(26-21-17)13-4-5-13/h6-9,13,22H,2-5,10-11H2,1H3,(H,19,23). The molecule has 144 valence electrons. The van der Waals surface area contributed by atoms with Crippen LogP contribution in [0.25, 0.3) is 0 Å². The van der Waals surface area contributed by atoms with Crippen molar-refractivity contribution in [2.75, 3.05) is 5.32 Å². The normalized spacial score (nSPS) is 19.1. The van der Waals surface area contributed by atoms with Gasteiger partial charge in [0.2, 0.25) is 21.8 Å². The van der Waals surface area contributed by atoms with Gasteiger partial charge in [-0.3, -0.25) is 4.79 Å². The summed E-state index contributed by atoms with van der Waals surface area (Å²) in [5.74, 6) is 1.15. The van der Waals surface area contributed by atoms with Crippen molar-refractivity contribution in [1.82, 2.24) is 14.9 Å². The lowest BCUT2D eigenvalue weighted by Gasteiger charge is -2.26. The van der Waals surface area contributed by atoms with Crippen molar-refractivity contribution in [2.45, 2.75) is 61.8 Å².